The highest BCUT2D eigenvalue weighted by Crippen LogP contribution is 2.32. The average molecular weight is 563 g/mol. The average Bonchev–Trinajstić information content (AvgIpc) is 2.99. The minimum Gasteiger partial charge on any atom is -0.478 e. The van der Waals surface area contributed by atoms with Gasteiger partial charge in [-0.05, 0) is 106 Å². The quantitative estimate of drug-likeness (QED) is 0.152. The molecule has 8 heteroatoms. The second kappa shape index (κ2) is 11.5. The molecule has 0 spiro atoms. The van der Waals surface area contributed by atoms with E-state index >= 15 is 0 Å². The molecule has 2 N–H and O–H groups in total. The Morgan fingerprint density at radius 1 is 0.476 bits per heavy atom. The lowest BCUT2D eigenvalue weighted by atomic mass is 9.94. The molecular weight excluding hydrogens is 536 g/mol. The molecule has 0 aliphatic carbocycles. The first-order chi connectivity index (χ1) is 20.2. The van der Waals surface area contributed by atoms with Gasteiger partial charge in [0, 0.05) is 0 Å². The van der Waals surface area contributed by atoms with E-state index in [-0.39, 0.29) is 35.5 Å². The third-order valence-corrected chi connectivity index (χ3v) is 6.95. The van der Waals surface area contributed by atoms with Crippen molar-refractivity contribution in [3.63, 3.8) is 0 Å². The minimum atomic E-state index is -1.21. The van der Waals surface area contributed by atoms with Gasteiger partial charge in [-0.2, -0.15) is 0 Å². The number of carbonyl (C=O) groups is 4. The van der Waals surface area contributed by atoms with E-state index in [4.69, 9.17) is 9.47 Å². The molecule has 5 aromatic carbocycles. The summed E-state index contributed by atoms with van der Waals surface area (Å²) < 4.78 is 9.98. The lowest BCUT2D eigenvalue weighted by molar-refractivity contribution is 0.0509. The van der Waals surface area contributed by atoms with Crippen LogP contribution in [-0.4, -0.2) is 47.3 Å². The number of aromatic carboxylic acids is 2. The molecule has 210 valence electrons. The van der Waals surface area contributed by atoms with Gasteiger partial charge in [0.1, 0.15) is 0 Å². The Morgan fingerprint density at radius 2 is 0.833 bits per heavy atom. The lowest BCUT2D eigenvalue weighted by Gasteiger charge is -2.11. The maximum absolute atomic E-state index is 12.2. The molecular formula is C34H26O8. The van der Waals surface area contributed by atoms with Gasteiger partial charge in [0.15, 0.2) is 0 Å². The van der Waals surface area contributed by atoms with Crippen molar-refractivity contribution in [1.82, 2.24) is 0 Å². The molecule has 0 atom stereocenters. The van der Waals surface area contributed by atoms with Crippen molar-refractivity contribution in [3.8, 4) is 22.3 Å². The summed E-state index contributed by atoms with van der Waals surface area (Å²) in [5.74, 6) is -3.79. The Bertz CT molecular complexity index is 1760. The van der Waals surface area contributed by atoms with Gasteiger partial charge in [-0.15, -0.1) is 0 Å². The summed E-state index contributed by atoms with van der Waals surface area (Å²) in [6.07, 6.45) is 0. The summed E-state index contributed by atoms with van der Waals surface area (Å²) in [5, 5.41) is 23.2. The number of fused-ring (bicyclic) bond motifs is 2. The van der Waals surface area contributed by atoms with Crippen LogP contribution in [0.15, 0.2) is 84.9 Å². The van der Waals surface area contributed by atoms with Crippen LogP contribution in [0.2, 0.25) is 0 Å². The maximum Gasteiger partial charge on any atom is 0.338 e. The number of ether oxygens (including phenoxy) is 2. The Hall–Kier alpha value is -5.50. The van der Waals surface area contributed by atoms with Crippen LogP contribution < -0.4 is 0 Å². The molecule has 0 aliphatic rings. The van der Waals surface area contributed by atoms with Gasteiger partial charge in [0.2, 0.25) is 0 Å². The normalized spacial score (nSPS) is 10.9. The van der Waals surface area contributed by atoms with E-state index in [1.807, 2.05) is 48.5 Å². The SMILES string of the molecule is CCOC(=O)c1ccc(-c2ccc3cc4cc(-c5ccc(C(=O)OCC)c(C(=O)O)c5)ccc4cc3c2)cc1C(=O)O. The van der Waals surface area contributed by atoms with Gasteiger partial charge < -0.3 is 19.7 Å². The van der Waals surface area contributed by atoms with E-state index < -0.39 is 23.9 Å². The van der Waals surface area contributed by atoms with Gasteiger partial charge in [0.05, 0.1) is 35.5 Å². The van der Waals surface area contributed by atoms with Crippen LogP contribution in [0.4, 0.5) is 0 Å². The Morgan fingerprint density at radius 3 is 1.19 bits per heavy atom. The largest absolute Gasteiger partial charge is 0.478 e. The van der Waals surface area contributed by atoms with Crippen LogP contribution in [0.1, 0.15) is 55.3 Å². The number of esters is 2. The summed E-state index contributed by atoms with van der Waals surface area (Å²) in [4.78, 5) is 48.2. The zero-order valence-electron chi connectivity index (χ0n) is 22.8. The van der Waals surface area contributed by atoms with Crippen LogP contribution in [0.3, 0.4) is 0 Å². The minimum absolute atomic E-state index is 0.00157. The van der Waals surface area contributed by atoms with Gasteiger partial charge in [0.25, 0.3) is 0 Å². The van der Waals surface area contributed by atoms with Crippen molar-refractivity contribution in [3.05, 3.63) is 107 Å². The van der Waals surface area contributed by atoms with E-state index in [0.29, 0.717) is 11.1 Å². The van der Waals surface area contributed by atoms with Crippen molar-refractivity contribution < 1.29 is 38.9 Å². The van der Waals surface area contributed by atoms with Crippen LogP contribution >= 0.6 is 0 Å². The third-order valence-electron chi connectivity index (χ3n) is 6.95. The summed E-state index contributed by atoms with van der Waals surface area (Å²) in [5.41, 5.74) is 2.63. The Labute approximate surface area is 240 Å². The van der Waals surface area contributed by atoms with E-state index in [2.05, 4.69) is 0 Å². The number of carboxylic acids is 2. The lowest BCUT2D eigenvalue weighted by Crippen LogP contribution is -2.11. The second-order valence-electron chi connectivity index (χ2n) is 9.55. The van der Waals surface area contributed by atoms with Gasteiger partial charge in [-0.1, -0.05) is 36.4 Å². The van der Waals surface area contributed by atoms with Crippen molar-refractivity contribution in [2.24, 2.45) is 0 Å². The topological polar surface area (TPSA) is 127 Å². The summed E-state index contributed by atoms with van der Waals surface area (Å²) in [6.45, 7) is 3.61. The van der Waals surface area contributed by atoms with Gasteiger partial charge >= 0.3 is 23.9 Å². The van der Waals surface area contributed by atoms with Crippen molar-refractivity contribution in [1.29, 1.82) is 0 Å². The number of carbonyl (C=O) groups excluding carboxylic acids is 2. The third kappa shape index (κ3) is 5.42. The molecule has 0 aliphatic heterocycles. The Balaban J connectivity index is 1.52. The van der Waals surface area contributed by atoms with Gasteiger partial charge in [-0.3, -0.25) is 0 Å². The smallest absolute Gasteiger partial charge is 0.338 e. The summed E-state index contributed by atoms with van der Waals surface area (Å²) >= 11 is 0. The zero-order chi connectivity index (χ0) is 30.0. The zero-order valence-corrected chi connectivity index (χ0v) is 22.8. The van der Waals surface area contributed by atoms with Crippen molar-refractivity contribution in [2.75, 3.05) is 13.2 Å². The molecule has 0 saturated heterocycles. The Kier molecular flexibility index (Phi) is 7.71. The highest BCUT2D eigenvalue weighted by atomic mass is 16.5. The first kappa shape index (κ1) is 28.0. The van der Waals surface area contributed by atoms with Crippen LogP contribution in [0.5, 0.6) is 0 Å². The van der Waals surface area contributed by atoms with Crippen LogP contribution in [0, 0.1) is 0 Å². The first-order valence-electron chi connectivity index (χ1n) is 13.3. The molecule has 0 heterocycles. The first-order valence-corrected chi connectivity index (χ1v) is 13.3. The van der Waals surface area contributed by atoms with Crippen LogP contribution in [0.25, 0.3) is 43.8 Å². The highest BCUT2D eigenvalue weighted by molar-refractivity contribution is 6.06. The van der Waals surface area contributed by atoms with E-state index in [9.17, 15) is 29.4 Å². The van der Waals surface area contributed by atoms with Crippen molar-refractivity contribution >= 4 is 45.4 Å². The number of benzene rings is 5. The fourth-order valence-corrected chi connectivity index (χ4v) is 4.93. The molecule has 0 fully saturated rings. The predicted molar refractivity (Wildman–Crippen MR) is 158 cm³/mol. The maximum atomic E-state index is 12.2. The van der Waals surface area contributed by atoms with Gasteiger partial charge in [-0.25, -0.2) is 19.2 Å². The summed E-state index contributed by atoms with van der Waals surface area (Å²) in [6, 6.07) is 24.9. The van der Waals surface area contributed by atoms with E-state index in [0.717, 1.165) is 32.7 Å². The molecule has 0 saturated carbocycles. The number of carboxylic acid groups (broad SMARTS) is 2. The molecule has 5 aromatic rings. The molecule has 0 amide bonds. The fourth-order valence-electron chi connectivity index (χ4n) is 4.93. The molecule has 42 heavy (non-hydrogen) atoms. The number of rotatable bonds is 8. The molecule has 8 nitrogen and oxygen atoms in total. The molecule has 0 aromatic heterocycles. The molecule has 0 radical (unpaired) electrons. The number of hydrogen-bond acceptors (Lipinski definition) is 6. The standard InChI is InChI=1S/C34H26O8/c1-3-41-33(39)27-11-9-23(17-29(27)31(35)36)19-5-7-21-16-26-14-20(6-8-22(26)15-25(21)13-19)24-10-12-28(34(40)42-4-2)30(18-24)32(37)38/h5-18H,3-4H2,1-2H3,(H,35,36)(H,37,38). The monoisotopic (exact) mass is 562 g/mol. The number of hydrogen-bond donors (Lipinski definition) is 2. The van der Waals surface area contributed by atoms with E-state index in [1.165, 1.54) is 24.3 Å². The van der Waals surface area contributed by atoms with Crippen molar-refractivity contribution in [2.45, 2.75) is 13.8 Å². The summed E-state index contributed by atoms with van der Waals surface area (Å²) in [7, 11) is 0. The molecule has 0 bridgehead atoms. The fraction of sp³-hybridized carbons (Fsp3) is 0.118. The predicted octanol–water partition coefficient (Wildman–Crippen LogP) is 7.08. The highest BCUT2D eigenvalue weighted by Gasteiger charge is 2.20. The molecule has 5 rings (SSSR count). The second-order valence-corrected chi connectivity index (χ2v) is 9.55. The molecule has 0 unspecified atom stereocenters. The van der Waals surface area contributed by atoms with E-state index in [1.54, 1.807) is 26.0 Å². The van der Waals surface area contributed by atoms with Crippen LogP contribution in [-0.2, 0) is 9.47 Å².